The number of hydrogen-bond donors (Lipinski definition) is 0. The van der Waals surface area contributed by atoms with E-state index >= 15 is 0 Å². The Kier molecular flexibility index (Phi) is 15.9. The van der Waals surface area contributed by atoms with E-state index < -0.39 is 15.8 Å². The van der Waals surface area contributed by atoms with Crippen molar-refractivity contribution in [1.29, 1.82) is 5.26 Å². The number of aryl methyl sites for hydroxylation is 6. The minimum Gasteiger partial charge on any atom is -0.696 e. The van der Waals surface area contributed by atoms with Gasteiger partial charge in [-0.2, -0.15) is 0 Å². The summed E-state index contributed by atoms with van der Waals surface area (Å²) in [6, 6.07) is 53.9. The van der Waals surface area contributed by atoms with Crippen LogP contribution in [-0.4, -0.2) is 0 Å². The SMILES string of the molecule is Cc1ccc(P(c2ccc(C)cc2)c2ccc(C)cc2)cc1.Cc1ccc(P(c2ccc(C)cc2)c2ccc(C)cc2)cc1.N#C[S-].[Ag+]. The molecular weight excluding hydrogens is 732 g/mol. The summed E-state index contributed by atoms with van der Waals surface area (Å²) in [6.45, 7) is 12.9. The van der Waals surface area contributed by atoms with Crippen molar-refractivity contribution in [2.24, 2.45) is 0 Å². The van der Waals surface area contributed by atoms with E-state index in [2.05, 4.69) is 200 Å². The van der Waals surface area contributed by atoms with Crippen molar-refractivity contribution >= 4 is 60.3 Å². The van der Waals surface area contributed by atoms with Crippen molar-refractivity contribution in [2.45, 2.75) is 41.5 Å². The van der Waals surface area contributed by atoms with Gasteiger partial charge in [-0.25, -0.2) is 5.26 Å². The molecule has 5 heteroatoms. The predicted octanol–water partition coefficient (Wildman–Crippen LogP) is 8.75. The molecule has 0 amide bonds. The van der Waals surface area contributed by atoms with E-state index in [9.17, 15) is 0 Å². The van der Waals surface area contributed by atoms with Gasteiger partial charge >= 0.3 is 22.4 Å². The molecule has 0 aliphatic carbocycles. The molecule has 0 unspecified atom stereocenters. The molecule has 246 valence electrons. The average Bonchev–Trinajstić information content (AvgIpc) is 3.07. The maximum absolute atomic E-state index is 7.13. The Morgan fingerprint density at radius 3 is 0.542 bits per heavy atom. The van der Waals surface area contributed by atoms with Crippen LogP contribution in [0.1, 0.15) is 33.4 Å². The minimum atomic E-state index is -0.483. The molecule has 0 saturated heterocycles. The summed E-state index contributed by atoms with van der Waals surface area (Å²) in [4.78, 5) is 0. The third kappa shape index (κ3) is 11.4. The van der Waals surface area contributed by atoms with E-state index in [-0.39, 0.29) is 22.4 Å². The van der Waals surface area contributed by atoms with Crippen LogP contribution in [0.3, 0.4) is 0 Å². The van der Waals surface area contributed by atoms with Gasteiger partial charge in [0.2, 0.25) is 0 Å². The second kappa shape index (κ2) is 19.6. The molecule has 6 aromatic carbocycles. The van der Waals surface area contributed by atoms with Crippen LogP contribution < -0.4 is 31.8 Å². The summed E-state index contributed by atoms with van der Waals surface area (Å²) >= 11 is 3.70. The van der Waals surface area contributed by atoms with Gasteiger partial charge in [-0.1, -0.05) is 184 Å². The van der Waals surface area contributed by atoms with Gasteiger partial charge in [0.25, 0.3) is 0 Å². The van der Waals surface area contributed by atoms with Gasteiger partial charge in [-0.15, -0.1) is 0 Å². The molecule has 0 saturated carbocycles. The van der Waals surface area contributed by atoms with Crippen molar-refractivity contribution in [2.75, 3.05) is 0 Å². The maximum atomic E-state index is 7.13. The Balaban J connectivity index is 0.000000236. The number of rotatable bonds is 6. The fraction of sp³-hybridized carbons (Fsp3) is 0.140. The first-order chi connectivity index (χ1) is 22.7. The molecule has 48 heavy (non-hydrogen) atoms. The monoisotopic (exact) mass is 773 g/mol. The van der Waals surface area contributed by atoms with Crippen molar-refractivity contribution < 1.29 is 22.4 Å². The Labute approximate surface area is 311 Å². The zero-order valence-electron chi connectivity index (χ0n) is 28.4. The summed E-state index contributed by atoms with van der Waals surface area (Å²) in [5, 5.41) is 16.9. The third-order valence-corrected chi connectivity index (χ3v) is 12.6. The largest absolute Gasteiger partial charge is 1.00 e. The summed E-state index contributed by atoms with van der Waals surface area (Å²) in [7, 11) is -0.966. The van der Waals surface area contributed by atoms with Crippen LogP contribution in [0.2, 0.25) is 0 Å². The molecule has 0 aromatic heterocycles. The molecule has 0 radical (unpaired) electrons. The molecular formula is C43H42AgNP2S. The van der Waals surface area contributed by atoms with Crippen molar-refractivity contribution in [3.8, 4) is 5.40 Å². The fourth-order valence-corrected chi connectivity index (χ4v) is 9.53. The first kappa shape index (κ1) is 39.1. The van der Waals surface area contributed by atoms with E-state index in [0.717, 1.165) is 0 Å². The van der Waals surface area contributed by atoms with Crippen molar-refractivity contribution in [3.63, 3.8) is 0 Å². The Morgan fingerprint density at radius 2 is 0.438 bits per heavy atom. The molecule has 0 heterocycles. The minimum absolute atomic E-state index is 0. The number of hydrogen-bond acceptors (Lipinski definition) is 2. The van der Waals surface area contributed by atoms with Crippen LogP contribution in [0.25, 0.3) is 0 Å². The molecule has 0 aliphatic rings. The summed E-state index contributed by atoms with van der Waals surface area (Å²) in [5.74, 6) is 0. The van der Waals surface area contributed by atoms with Gasteiger partial charge in [0, 0.05) is 0 Å². The van der Waals surface area contributed by atoms with Crippen LogP contribution in [0.5, 0.6) is 0 Å². The summed E-state index contributed by atoms with van der Waals surface area (Å²) < 4.78 is 0. The molecule has 0 bridgehead atoms. The Hall–Kier alpha value is -3.37. The van der Waals surface area contributed by atoms with E-state index in [1.807, 2.05) is 0 Å². The van der Waals surface area contributed by atoms with Crippen LogP contribution in [0, 0.1) is 52.2 Å². The van der Waals surface area contributed by atoms with Gasteiger partial charge in [0.05, 0.1) is 0 Å². The molecule has 0 atom stereocenters. The normalized spacial score (nSPS) is 10.1. The number of benzene rings is 6. The number of thiocyanates is 1. The van der Waals surface area contributed by atoms with Crippen molar-refractivity contribution in [3.05, 3.63) is 179 Å². The maximum Gasteiger partial charge on any atom is 1.00 e. The molecule has 6 rings (SSSR count). The second-order valence-electron chi connectivity index (χ2n) is 11.8. The van der Waals surface area contributed by atoms with Gasteiger partial charge in [-0.3, -0.25) is 0 Å². The van der Waals surface area contributed by atoms with Crippen LogP contribution in [0.15, 0.2) is 146 Å². The molecule has 1 nitrogen and oxygen atoms in total. The topological polar surface area (TPSA) is 23.8 Å². The quantitative estimate of drug-likeness (QED) is 0.0732. The van der Waals surface area contributed by atoms with E-state index in [1.54, 1.807) is 0 Å². The smallest absolute Gasteiger partial charge is 0.696 e. The Bertz CT molecular complexity index is 1510. The summed E-state index contributed by atoms with van der Waals surface area (Å²) in [6.07, 6.45) is 0. The fourth-order valence-electron chi connectivity index (χ4n) is 5.06. The second-order valence-corrected chi connectivity index (χ2v) is 16.4. The van der Waals surface area contributed by atoms with Crippen molar-refractivity contribution in [1.82, 2.24) is 0 Å². The van der Waals surface area contributed by atoms with Crippen LogP contribution in [-0.2, 0) is 35.0 Å². The predicted molar refractivity (Wildman–Crippen MR) is 212 cm³/mol. The zero-order chi connectivity index (χ0) is 33.8. The molecule has 6 aromatic rings. The van der Waals surface area contributed by atoms with Gasteiger partial charge in [-0.05, 0) is 89.2 Å². The van der Waals surface area contributed by atoms with Crippen LogP contribution in [0.4, 0.5) is 0 Å². The molecule has 0 N–H and O–H groups in total. The first-order valence-corrected chi connectivity index (χ1v) is 18.8. The standard InChI is InChI=1S/2C21H21P.CHNS.Ag/c2*1-16-4-10-19(11-5-16)22(20-12-6-17(2)7-13-20)21-14-8-18(3)9-15-21;2-1-3;/h2*4-15H,1-3H3;3H;/q;;;+1/p-1. The molecule has 0 spiro atoms. The summed E-state index contributed by atoms with van der Waals surface area (Å²) in [5.41, 5.74) is 7.87. The van der Waals surface area contributed by atoms with E-state index in [1.165, 1.54) is 70.6 Å². The zero-order valence-corrected chi connectivity index (χ0v) is 32.5. The van der Waals surface area contributed by atoms with E-state index in [0.29, 0.717) is 0 Å². The average molecular weight is 775 g/mol. The Morgan fingerprint density at radius 1 is 0.333 bits per heavy atom. The number of nitriles is 1. The third-order valence-electron chi connectivity index (χ3n) is 7.75. The first-order valence-electron chi connectivity index (χ1n) is 15.7. The van der Waals surface area contributed by atoms with Crippen LogP contribution >= 0.6 is 15.8 Å². The van der Waals surface area contributed by atoms with Gasteiger partial charge in [0.15, 0.2) is 0 Å². The van der Waals surface area contributed by atoms with Gasteiger partial charge in [0.1, 0.15) is 0 Å². The molecule has 0 fully saturated rings. The van der Waals surface area contributed by atoms with E-state index in [4.69, 9.17) is 5.26 Å². The number of nitrogens with zero attached hydrogens (tertiary/aromatic N) is 1. The molecule has 0 aliphatic heterocycles. The van der Waals surface area contributed by atoms with Gasteiger partial charge < -0.3 is 12.6 Å².